The Labute approximate surface area is 152 Å². The van der Waals surface area contributed by atoms with Crippen LogP contribution in [0.1, 0.15) is 12.1 Å². The van der Waals surface area contributed by atoms with Crippen molar-refractivity contribution in [3.05, 3.63) is 36.2 Å². The van der Waals surface area contributed by atoms with Crippen LogP contribution < -0.4 is 15.4 Å². The van der Waals surface area contributed by atoms with Crippen LogP contribution in [0.3, 0.4) is 0 Å². The highest BCUT2D eigenvalue weighted by Gasteiger charge is 2.16. The van der Waals surface area contributed by atoms with Crippen LogP contribution in [0.5, 0.6) is 5.75 Å². The number of halogens is 1. The van der Waals surface area contributed by atoms with Gasteiger partial charge in [0.05, 0.1) is 38.8 Å². The quantitative estimate of drug-likeness (QED) is 0.780. The van der Waals surface area contributed by atoms with E-state index in [4.69, 9.17) is 9.47 Å². The molecule has 0 saturated carbocycles. The molecular formula is C16H22ClN5O3. The smallest absolute Gasteiger partial charge is 0.221 e. The average molecular weight is 368 g/mol. The van der Waals surface area contributed by atoms with Gasteiger partial charge in [0.25, 0.3) is 0 Å². The van der Waals surface area contributed by atoms with E-state index in [9.17, 15) is 4.79 Å². The van der Waals surface area contributed by atoms with Crippen molar-refractivity contribution in [3.63, 3.8) is 0 Å². The maximum absolute atomic E-state index is 12.0. The van der Waals surface area contributed by atoms with Crippen LogP contribution in [0, 0.1) is 0 Å². The number of methoxy groups -OCH3 is 1. The Hall–Kier alpha value is -2.16. The molecule has 0 spiro atoms. The van der Waals surface area contributed by atoms with E-state index in [2.05, 4.69) is 20.9 Å². The molecule has 1 atom stereocenters. The number of nitrogens with zero attached hydrogens (tertiary/aromatic N) is 3. The molecule has 1 aliphatic rings. The van der Waals surface area contributed by atoms with Crippen LogP contribution in [0.2, 0.25) is 0 Å². The van der Waals surface area contributed by atoms with E-state index < -0.39 is 0 Å². The summed E-state index contributed by atoms with van der Waals surface area (Å²) < 4.78 is 12.1. The minimum absolute atomic E-state index is 0. The number of carbonyl (C=O) groups excluding carboxylic acids is 1. The molecule has 1 fully saturated rings. The van der Waals surface area contributed by atoms with E-state index >= 15 is 0 Å². The van der Waals surface area contributed by atoms with Crippen LogP contribution in [0.15, 0.2) is 30.5 Å². The fourth-order valence-electron chi connectivity index (χ4n) is 2.48. The van der Waals surface area contributed by atoms with Crippen LogP contribution in [0.4, 0.5) is 0 Å². The van der Waals surface area contributed by atoms with E-state index in [0.717, 1.165) is 18.0 Å². The number of amides is 1. The van der Waals surface area contributed by atoms with Gasteiger partial charge < -0.3 is 20.1 Å². The lowest BCUT2D eigenvalue weighted by atomic mass is 10.2. The van der Waals surface area contributed by atoms with E-state index in [1.54, 1.807) is 18.0 Å². The van der Waals surface area contributed by atoms with E-state index in [0.29, 0.717) is 31.9 Å². The summed E-state index contributed by atoms with van der Waals surface area (Å²) in [4.78, 5) is 12.0. The fourth-order valence-corrected chi connectivity index (χ4v) is 2.48. The zero-order chi connectivity index (χ0) is 16.8. The number of hydrogen-bond donors (Lipinski definition) is 2. The average Bonchev–Trinajstić information content (AvgIpc) is 3.10. The van der Waals surface area contributed by atoms with Gasteiger partial charge in [0.1, 0.15) is 11.4 Å². The molecule has 136 valence electrons. The first kappa shape index (κ1) is 19.2. The topological polar surface area (TPSA) is 90.3 Å². The Bertz CT molecular complexity index is 671. The number of hydrogen-bond acceptors (Lipinski definition) is 6. The van der Waals surface area contributed by atoms with Crippen molar-refractivity contribution in [1.82, 2.24) is 25.6 Å². The van der Waals surface area contributed by atoms with Crippen LogP contribution >= 0.6 is 12.4 Å². The summed E-state index contributed by atoms with van der Waals surface area (Å²) in [5.41, 5.74) is 1.58. The van der Waals surface area contributed by atoms with Gasteiger partial charge in [-0.15, -0.1) is 17.5 Å². The van der Waals surface area contributed by atoms with Gasteiger partial charge in [-0.05, 0) is 24.3 Å². The largest absolute Gasteiger partial charge is 0.497 e. The van der Waals surface area contributed by atoms with Gasteiger partial charge in [-0.25, -0.2) is 4.68 Å². The highest BCUT2D eigenvalue weighted by Crippen LogP contribution is 2.14. The monoisotopic (exact) mass is 367 g/mol. The second kappa shape index (κ2) is 9.36. The SMILES string of the molecule is COc1ccc(-n2cc(CNC(=O)CC3COCCN3)nn2)cc1.Cl. The zero-order valence-corrected chi connectivity index (χ0v) is 14.8. The van der Waals surface area contributed by atoms with Crippen molar-refractivity contribution in [2.24, 2.45) is 0 Å². The minimum Gasteiger partial charge on any atom is -0.497 e. The second-order valence-electron chi connectivity index (χ2n) is 5.56. The zero-order valence-electron chi connectivity index (χ0n) is 14.0. The summed E-state index contributed by atoms with van der Waals surface area (Å²) in [6, 6.07) is 7.58. The number of nitrogens with one attached hydrogen (secondary N) is 2. The number of ether oxygens (including phenoxy) is 2. The predicted molar refractivity (Wildman–Crippen MR) is 94.2 cm³/mol. The number of morpholine rings is 1. The van der Waals surface area contributed by atoms with Gasteiger partial charge in [-0.1, -0.05) is 5.21 Å². The van der Waals surface area contributed by atoms with Crippen molar-refractivity contribution in [2.45, 2.75) is 19.0 Å². The molecule has 0 radical (unpaired) electrons. The van der Waals surface area contributed by atoms with E-state index in [-0.39, 0.29) is 24.4 Å². The molecule has 2 aromatic rings. The highest BCUT2D eigenvalue weighted by atomic mass is 35.5. The van der Waals surface area contributed by atoms with E-state index in [1.165, 1.54) is 0 Å². The summed E-state index contributed by atoms with van der Waals surface area (Å²) in [6.45, 7) is 2.41. The molecule has 0 aliphatic carbocycles. The molecular weight excluding hydrogens is 346 g/mol. The lowest BCUT2D eigenvalue weighted by Gasteiger charge is -2.23. The fraction of sp³-hybridized carbons (Fsp3) is 0.438. The molecule has 8 nitrogen and oxygen atoms in total. The lowest BCUT2D eigenvalue weighted by molar-refractivity contribution is -0.122. The van der Waals surface area contributed by atoms with Gasteiger partial charge in [-0.2, -0.15) is 0 Å². The van der Waals surface area contributed by atoms with Crippen LogP contribution in [-0.4, -0.2) is 53.8 Å². The van der Waals surface area contributed by atoms with Crippen molar-refractivity contribution in [1.29, 1.82) is 0 Å². The predicted octanol–water partition coefficient (Wildman–Crippen LogP) is 0.692. The van der Waals surface area contributed by atoms with Gasteiger partial charge in [0, 0.05) is 19.0 Å². The number of rotatable bonds is 6. The molecule has 1 saturated heterocycles. The van der Waals surface area contributed by atoms with E-state index in [1.807, 2.05) is 24.3 Å². The first-order valence-corrected chi connectivity index (χ1v) is 7.88. The third-order valence-electron chi connectivity index (χ3n) is 3.77. The standard InChI is InChI=1S/C16H21N5O3.ClH/c1-23-15-4-2-14(3-5-15)21-10-13(19-20-21)9-18-16(22)8-12-11-24-7-6-17-12;/h2-5,10,12,17H,6-9,11H2,1H3,(H,18,22);1H. The number of carbonyl (C=O) groups is 1. The van der Waals surface area contributed by atoms with Gasteiger partial charge in [-0.3, -0.25) is 4.79 Å². The lowest BCUT2D eigenvalue weighted by Crippen LogP contribution is -2.44. The van der Waals surface area contributed by atoms with Crippen molar-refractivity contribution >= 4 is 18.3 Å². The first-order valence-electron chi connectivity index (χ1n) is 7.88. The molecule has 2 N–H and O–H groups in total. The molecule has 1 aromatic heterocycles. The summed E-state index contributed by atoms with van der Waals surface area (Å²) in [5, 5.41) is 14.3. The number of benzene rings is 1. The third-order valence-corrected chi connectivity index (χ3v) is 3.77. The second-order valence-corrected chi connectivity index (χ2v) is 5.56. The Balaban J connectivity index is 0.00000225. The first-order chi connectivity index (χ1) is 11.7. The highest BCUT2D eigenvalue weighted by molar-refractivity contribution is 5.85. The van der Waals surface area contributed by atoms with Gasteiger partial charge in [0.15, 0.2) is 0 Å². The number of aromatic nitrogens is 3. The molecule has 1 amide bonds. The summed E-state index contributed by atoms with van der Waals surface area (Å²) >= 11 is 0. The Kier molecular flexibility index (Phi) is 7.17. The van der Waals surface area contributed by atoms with Gasteiger partial charge >= 0.3 is 0 Å². The van der Waals surface area contributed by atoms with Crippen molar-refractivity contribution < 1.29 is 14.3 Å². The Morgan fingerprint density at radius 2 is 2.24 bits per heavy atom. The molecule has 9 heteroatoms. The molecule has 1 aliphatic heterocycles. The molecule has 2 heterocycles. The molecule has 3 rings (SSSR count). The molecule has 25 heavy (non-hydrogen) atoms. The summed E-state index contributed by atoms with van der Waals surface area (Å²) in [5.74, 6) is 0.753. The third kappa shape index (κ3) is 5.42. The Morgan fingerprint density at radius 3 is 2.92 bits per heavy atom. The molecule has 1 unspecified atom stereocenters. The maximum Gasteiger partial charge on any atom is 0.221 e. The van der Waals surface area contributed by atoms with Crippen molar-refractivity contribution in [3.8, 4) is 11.4 Å². The van der Waals surface area contributed by atoms with Crippen molar-refractivity contribution in [2.75, 3.05) is 26.9 Å². The molecule has 1 aromatic carbocycles. The minimum atomic E-state index is -0.0306. The summed E-state index contributed by atoms with van der Waals surface area (Å²) in [7, 11) is 1.63. The maximum atomic E-state index is 12.0. The van der Waals surface area contributed by atoms with Gasteiger partial charge in [0.2, 0.25) is 5.91 Å². The Morgan fingerprint density at radius 1 is 1.44 bits per heavy atom. The summed E-state index contributed by atoms with van der Waals surface area (Å²) in [6.07, 6.45) is 2.19. The normalized spacial score (nSPS) is 16.8. The molecule has 0 bridgehead atoms. The van der Waals surface area contributed by atoms with Crippen LogP contribution in [0.25, 0.3) is 5.69 Å². The van der Waals surface area contributed by atoms with Crippen LogP contribution in [-0.2, 0) is 16.1 Å².